The van der Waals surface area contributed by atoms with Crippen LogP contribution in [0.25, 0.3) is 17.0 Å². The molecule has 2 aromatic heterocycles. The summed E-state index contributed by atoms with van der Waals surface area (Å²) in [7, 11) is 0. The molecule has 0 bridgehead atoms. The zero-order valence-corrected chi connectivity index (χ0v) is 23.2. The highest BCUT2D eigenvalue weighted by Gasteiger charge is 2.33. The summed E-state index contributed by atoms with van der Waals surface area (Å²) >= 11 is 1.30. The summed E-state index contributed by atoms with van der Waals surface area (Å²) < 4.78 is 15.2. The first-order valence-electron chi connectivity index (χ1n) is 12.8. The fourth-order valence-corrected chi connectivity index (χ4v) is 6.11. The van der Waals surface area contributed by atoms with Crippen molar-refractivity contribution < 1.29 is 14.3 Å². The molecule has 0 saturated heterocycles. The summed E-state index contributed by atoms with van der Waals surface area (Å²) in [6, 6.07) is 14.8. The minimum absolute atomic E-state index is 0.219. The summed E-state index contributed by atoms with van der Waals surface area (Å²) in [5.41, 5.74) is 4.35. The second kappa shape index (κ2) is 10.8. The average molecular weight is 540 g/mol. The smallest absolute Gasteiger partial charge is 0.338 e. The monoisotopic (exact) mass is 539 g/mol. The van der Waals surface area contributed by atoms with Crippen LogP contribution in [-0.2, 0) is 16.1 Å². The van der Waals surface area contributed by atoms with E-state index in [1.54, 1.807) is 18.4 Å². The van der Waals surface area contributed by atoms with Gasteiger partial charge in [-0.3, -0.25) is 9.36 Å². The predicted octanol–water partition coefficient (Wildman–Crippen LogP) is 4.09. The van der Waals surface area contributed by atoms with Gasteiger partial charge >= 0.3 is 5.97 Å². The predicted molar refractivity (Wildman–Crippen MR) is 154 cm³/mol. The van der Waals surface area contributed by atoms with Crippen molar-refractivity contribution >= 4 is 34.3 Å². The Hall–Kier alpha value is -4.35. The van der Waals surface area contributed by atoms with Gasteiger partial charge in [0.2, 0.25) is 0 Å². The number of hydrogen-bond acceptors (Lipinski definition) is 6. The Morgan fingerprint density at radius 2 is 1.87 bits per heavy atom. The largest absolute Gasteiger partial charge is 0.494 e. The number of nitrogens with zero attached hydrogens (tertiary/aromatic N) is 3. The van der Waals surface area contributed by atoms with Crippen LogP contribution in [0, 0.1) is 19.3 Å². The van der Waals surface area contributed by atoms with Gasteiger partial charge in [-0.25, -0.2) is 9.79 Å². The molecule has 39 heavy (non-hydrogen) atoms. The number of rotatable bonds is 7. The van der Waals surface area contributed by atoms with E-state index >= 15 is 0 Å². The van der Waals surface area contributed by atoms with Crippen molar-refractivity contribution in [2.75, 3.05) is 13.2 Å². The molecule has 0 fully saturated rings. The van der Waals surface area contributed by atoms with E-state index in [0.717, 1.165) is 27.7 Å². The van der Waals surface area contributed by atoms with Crippen LogP contribution in [0.3, 0.4) is 0 Å². The third-order valence-corrected chi connectivity index (χ3v) is 7.81. The third kappa shape index (κ3) is 4.59. The number of para-hydroxylation sites is 1. The summed E-state index contributed by atoms with van der Waals surface area (Å²) in [6.45, 7) is 8.66. The first-order valence-corrected chi connectivity index (χ1v) is 13.6. The molecule has 1 aliphatic rings. The molecule has 0 radical (unpaired) electrons. The highest BCUT2D eigenvalue weighted by Crippen LogP contribution is 2.32. The second-order valence-electron chi connectivity index (χ2n) is 9.11. The molecule has 3 heterocycles. The molecule has 1 aliphatic heterocycles. The SMILES string of the molecule is C#CCn1c(C)c(/C=c2\sc3n(c2=O)[C@H](c2ccc(OCC)cc2)C(C(=O)OCC)=C(C)N=3)c2ccccc21. The fourth-order valence-electron chi connectivity index (χ4n) is 5.09. The van der Waals surface area contributed by atoms with Gasteiger partial charge in [-0.2, -0.15) is 0 Å². The molecule has 0 aliphatic carbocycles. The van der Waals surface area contributed by atoms with Crippen LogP contribution < -0.4 is 19.6 Å². The first kappa shape index (κ1) is 26.3. The summed E-state index contributed by atoms with van der Waals surface area (Å²) in [5.74, 6) is 2.95. The lowest BCUT2D eigenvalue weighted by atomic mass is 9.96. The molecule has 0 amide bonds. The molecule has 2 aromatic carbocycles. The van der Waals surface area contributed by atoms with Crippen molar-refractivity contribution in [2.24, 2.45) is 4.99 Å². The molecule has 5 rings (SSSR count). The number of aromatic nitrogens is 2. The van der Waals surface area contributed by atoms with E-state index in [-0.39, 0.29) is 12.2 Å². The Labute approximate surface area is 230 Å². The number of thiazole rings is 1. The Balaban J connectivity index is 1.74. The Morgan fingerprint density at radius 1 is 1.13 bits per heavy atom. The maximum Gasteiger partial charge on any atom is 0.338 e. The van der Waals surface area contributed by atoms with Gasteiger partial charge in [-0.15, -0.1) is 6.42 Å². The zero-order valence-electron chi connectivity index (χ0n) is 22.4. The Bertz CT molecular complexity index is 1830. The minimum Gasteiger partial charge on any atom is -0.494 e. The summed E-state index contributed by atoms with van der Waals surface area (Å²) in [6.07, 6.45) is 7.56. The van der Waals surface area contributed by atoms with E-state index < -0.39 is 12.0 Å². The number of fused-ring (bicyclic) bond motifs is 2. The Morgan fingerprint density at radius 3 is 2.56 bits per heavy atom. The second-order valence-corrected chi connectivity index (χ2v) is 10.1. The van der Waals surface area contributed by atoms with E-state index in [9.17, 15) is 9.59 Å². The van der Waals surface area contributed by atoms with E-state index in [0.29, 0.717) is 39.5 Å². The van der Waals surface area contributed by atoms with Crippen LogP contribution in [0.2, 0.25) is 0 Å². The number of carbonyl (C=O) groups excluding carboxylic acids is 1. The molecule has 4 aromatic rings. The van der Waals surface area contributed by atoms with Gasteiger partial charge in [-0.05, 0) is 57.5 Å². The van der Waals surface area contributed by atoms with E-state index in [1.165, 1.54) is 11.3 Å². The topological polar surface area (TPSA) is 74.8 Å². The van der Waals surface area contributed by atoms with Gasteiger partial charge in [0.15, 0.2) is 4.80 Å². The lowest BCUT2D eigenvalue weighted by Gasteiger charge is -2.24. The molecule has 0 N–H and O–H groups in total. The average Bonchev–Trinajstić information content (AvgIpc) is 3.37. The minimum atomic E-state index is -0.679. The van der Waals surface area contributed by atoms with Gasteiger partial charge in [-0.1, -0.05) is 47.6 Å². The van der Waals surface area contributed by atoms with E-state index in [4.69, 9.17) is 15.9 Å². The number of ether oxygens (including phenoxy) is 2. The van der Waals surface area contributed by atoms with Crippen LogP contribution in [0.4, 0.5) is 0 Å². The van der Waals surface area contributed by atoms with Crippen molar-refractivity contribution in [3.05, 3.63) is 96.3 Å². The van der Waals surface area contributed by atoms with Gasteiger partial charge in [0.1, 0.15) is 5.75 Å². The molecule has 198 valence electrons. The Kier molecular flexibility index (Phi) is 7.27. The highest BCUT2D eigenvalue weighted by atomic mass is 32.1. The molecule has 0 unspecified atom stereocenters. The lowest BCUT2D eigenvalue weighted by Crippen LogP contribution is -2.39. The van der Waals surface area contributed by atoms with Crippen LogP contribution in [0.15, 0.2) is 69.6 Å². The van der Waals surface area contributed by atoms with E-state index in [2.05, 4.69) is 15.5 Å². The molecule has 8 heteroatoms. The third-order valence-electron chi connectivity index (χ3n) is 6.83. The van der Waals surface area contributed by atoms with Crippen molar-refractivity contribution in [1.82, 2.24) is 9.13 Å². The molecule has 1 atom stereocenters. The van der Waals surface area contributed by atoms with Gasteiger partial charge in [0, 0.05) is 22.2 Å². The molecular formula is C31H29N3O4S. The summed E-state index contributed by atoms with van der Waals surface area (Å²) in [4.78, 5) is 32.4. The number of allylic oxidation sites excluding steroid dienone is 1. The number of hydrogen-bond donors (Lipinski definition) is 0. The highest BCUT2D eigenvalue weighted by molar-refractivity contribution is 7.07. The number of carbonyl (C=O) groups is 1. The van der Waals surface area contributed by atoms with Crippen LogP contribution in [0.5, 0.6) is 5.75 Å². The van der Waals surface area contributed by atoms with Crippen molar-refractivity contribution in [3.8, 4) is 18.1 Å². The number of benzene rings is 2. The van der Waals surface area contributed by atoms with Crippen LogP contribution in [-0.4, -0.2) is 28.3 Å². The van der Waals surface area contributed by atoms with Crippen LogP contribution >= 0.6 is 11.3 Å². The van der Waals surface area contributed by atoms with E-state index in [1.807, 2.05) is 68.5 Å². The molecular weight excluding hydrogens is 510 g/mol. The molecule has 0 saturated carbocycles. The number of terminal acetylenes is 1. The van der Waals surface area contributed by atoms with Gasteiger partial charge in [0.25, 0.3) is 5.56 Å². The molecule has 0 spiro atoms. The normalized spacial score (nSPS) is 15.2. The zero-order chi connectivity index (χ0) is 27.7. The van der Waals surface area contributed by atoms with Gasteiger partial charge < -0.3 is 14.0 Å². The van der Waals surface area contributed by atoms with Gasteiger partial charge in [0.05, 0.1) is 41.6 Å². The maximum atomic E-state index is 14.0. The lowest BCUT2D eigenvalue weighted by molar-refractivity contribution is -0.139. The molecule has 7 nitrogen and oxygen atoms in total. The first-order chi connectivity index (χ1) is 18.9. The van der Waals surface area contributed by atoms with Crippen molar-refractivity contribution in [3.63, 3.8) is 0 Å². The maximum absolute atomic E-state index is 14.0. The van der Waals surface area contributed by atoms with Crippen molar-refractivity contribution in [1.29, 1.82) is 0 Å². The quantitative estimate of drug-likeness (QED) is 0.262. The fraction of sp³-hybridized carbons (Fsp3) is 0.258. The summed E-state index contributed by atoms with van der Waals surface area (Å²) in [5, 5.41) is 1.02. The van der Waals surface area contributed by atoms with Crippen molar-refractivity contribution in [2.45, 2.75) is 40.3 Å². The number of esters is 1. The van der Waals surface area contributed by atoms with Crippen LogP contribution in [0.1, 0.15) is 43.6 Å². The standard InChI is InChI=1S/C31H29N3O4S/c1-6-17-33-20(5)24(23-11-9-10-12-25(23)33)18-26-29(35)34-28(21-13-15-22(16-14-21)37-7-2)27(30(36)38-8-3)19(4)32-31(34)39-26/h1,9-16,18,28H,7-8,17H2,2-5H3/b26-18-/t28-/m1/s1.